The monoisotopic (exact) mass is 396 g/mol. The van der Waals surface area contributed by atoms with Crippen LogP contribution in [-0.2, 0) is 17.8 Å². The molecule has 1 aromatic carbocycles. The van der Waals surface area contributed by atoms with Gasteiger partial charge in [0.2, 0.25) is 0 Å². The molecule has 3 heterocycles. The number of nitrogens with zero attached hydrogens (tertiary/aromatic N) is 3. The van der Waals surface area contributed by atoms with E-state index in [0.717, 1.165) is 36.5 Å². The Labute approximate surface area is 171 Å². The molecule has 29 heavy (non-hydrogen) atoms. The van der Waals surface area contributed by atoms with Gasteiger partial charge in [0.25, 0.3) is 5.91 Å². The third-order valence-corrected chi connectivity index (χ3v) is 5.60. The SMILES string of the molecule is CC[C@H](Oc1cccc(OC)c1)C(=O)N1CCc2nc([C@@H]3CCCN3)ncc2C1. The number of methoxy groups -OCH3 is 1. The van der Waals surface area contributed by atoms with Gasteiger partial charge in [-0.2, -0.15) is 0 Å². The zero-order valence-electron chi connectivity index (χ0n) is 17.1. The predicted octanol–water partition coefficient (Wildman–Crippen LogP) is 2.65. The Morgan fingerprint density at radius 1 is 1.38 bits per heavy atom. The number of amides is 1. The number of rotatable bonds is 6. The molecule has 1 amide bonds. The topological polar surface area (TPSA) is 76.6 Å². The second-order valence-corrected chi connectivity index (χ2v) is 7.55. The number of benzene rings is 1. The van der Waals surface area contributed by atoms with Gasteiger partial charge >= 0.3 is 0 Å². The van der Waals surface area contributed by atoms with Crippen molar-refractivity contribution in [2.75, 3.05) is 20.2 Å². The Hall–Kier alpha value is -2.67. The first-order chi connectivity index (χ1) is 14.2. The van der Waals surface area contributed by atoms with Gasteiger partial charge in [-0.25, -0.2) is 9.97 Å². The first kappa shape index (κ1) is 19.6. The van der Waals surface area contributed by atoms with Crippen LogP contribution >= 0.6 is 0 Å². The summed E-state index contributed by atoms with van der Waals surface area (Å²) in [5.74, 6) is 2.23. The average Bonchev–Trinajstić information content (AvgIpc) is 3.31. The number of hydrogen-bond acceptors (Lipinski definition) is 6. The first-order valence-electron chi connectivity index (χ1n) is 10.4. The number of carbonyl (C=O) groups excluding carboxylic acids is 1. The molecule has 2 aliphatic rings. The van der Waals surface area contributed by atoms with Gasteiger partial charge in [0, 0.05) is 37.3 Å². The summed E-state index contributed by atoms with van der Waals surface area (Å²) in [4.78, 5) is 24.3. The molecule has 7 heteroatoms. The van der Waals surface area contributed by atoms with E-state index >= 15 is 0 Å². The minimum Gasteiger partial charge on any atom is -0.497 e. The summed E-state index contributed by atoms with van der Waals surface area (Å²) >= 11 is 0. The van der Waals surface area contributed by atoms with Crippen LogP contribution in [0.2, 0.25) is 0 Å². The van der Waals surface area contributed by atoms with Crippen molar-refractivity contribution in [3.8, 4) is 11.5 Å². The standard InChI is InChI=1S/C22H28N4O3/c1-3-20(29-17-7-4-6-16(12-17)28-2)22(27)26-11-9-18-15(14-26)13-24-21(25-18)19-8-5-10-23-19/h4,6-7,12-13,19-20,23H,3,5,8-11,14H2,1-2H3/t19-,20-/m0/s1. The Morgan fingerprint density at radius 2 is 2.24 bits per heavy atom. The third kappa shape index (κ3) is 4.34. The number of fused-ring (bicyclic) bond motifs is 1. The van der Waals surface area contributed by atoms with Crippen molar-refractivity contribution in [1.82, 2.24) is 20.2 Å². The van der Waals surface area contributed by atoms with Gasteiger partial charge in [-0.1, -0.05) is 13.0 Å². The van der Waals surface area contributed by atoms with E-state index in [1.54, 1.807) is 13.2 Å². The highest BCUT2D eigenvalue weighted by molar-refractivity contribution is 5.81. The van der Waals surface area contributed by atoms with Crippen LogP contribution in [0.15, 0.2) is 30.5 Å². The Bertz CT molecular complexity index is 867. The number of nitrogens with one attached hydrogen (secondary N) is 1. The highest BCUT2D eigenvalue weighted by Crippen LogP contribution is 2.25. The van der Waals surface area contributed by atoms with Crippen LogP contribution in [-0.4, -0.2) is 47.1 Å². The van der Waals surface area contributed by atoms with Crippen molar-refractivity contribution in [2.24, 2.45) is 0 Å². The van der Waals surface area contributed by atoms with E-state index in [1.807, 2.05) is 36.2 Å². The van der Waals surface area contributed by atoms with Crippen molar-refractivity contribution in [3.05, 3.63) is 47.5 Å². The summed E-state index contributed by atoms with van der Waals surface area (Å²) < 4.78 is 11.2. The van der Waals surface area contributed by atoms with Crippen LogP contribution in [0.4, 0.5) is 0 Å². The molecule has 4 rings (SSSR count). The van der Waals surface area contributed by atoms with Crippen molar-refractivity contribution < 1.29 is 14.3 Å². The smallest absolute Gasteiger partial charge is 0.263 e. The molecule has 0 bridgehead atoms. The predicted molar refractivity (Wildman–Crippen MR) is 109 cm³/mol. The van der Waals surface area contributed by atoms with E-state index in [9.17, 15) is 4.79 Å². The molecule has 154 valence electrons. The molecule has 1 fully saturated rings. The lowest BCUT2D eigenvalue weighted by Gasteiger charge is -2.31. The van der Waals surface area contributed by atoms with Crippen LogP contribution in [0.3, 0.4) is 0 Å². The summed E-state index contributed by atoms with van der Waals surface area (Å²) in [6, 6.07) is 7.62. The fourth-order valence-electron chi connectivity index (χ4n) is 3.94. The molecule has 1 aromatic heterocycles. The minimum absolute atomic E-state index is 0.00232. The molecule has 1 N–H and O–H groups in total. The van der Waals surface area contributed by atoms with Crippen LogP contribution < -0.4 is 14.8 Å². The molecule has 2 atom stereocenters. The molecule has 2 aromatic rings. The quantitative estimate of drug-likeness (QED) is 0.809. The molecule has 0 unspecified atom stereocenters. The van der Waals surface area contributed by atoms with E-state index < -0.39 is 6.10 Å². The molecule has 1 saturated heterocycles. The fourth-order valence-corrected chi connectivity index (χ4v) is 3.94. The molecule has 0 aliphatic carbocycles. The summed E-state index contributed by atoms with van der Waals surface area (Å²) in [7, 11) is 1.61. The lowest BCUT2D eigenvalue weighted by molar-refractivity contribution is -0.139. The molecule has 7 nitrogen and oxygen atoms in total. The van der Waals surface area contributed by atoms with Crippen molar-refractivity contribution in [1.29, 1.82) is 0 Å². The van der Waals surface area contributed by atoms with Gasteiger partial charge in [0.1, 0.15) is 17.3 Å². The van der Waals surface area contributed by atoms with Gasteiger partial charge in [0.15, 0.2) is 6.10 Å². The lowest BCUT2D eigenvalue weighted by Crippen LogP contribution is -2.44. The van der Waals surface area contributed by atoms with E-state index in [4.69, 9.17) is 14.5 Å². The fraction of sp³-hybridized carbons (Fsp3) is 0.500. The summed E-state index contributed by atoms with van der Waals surface area (Å²) in [5, 5.41) is 3.45. The normalized spacial score (nSPS) is 19.5. The Kier molecular flexibility index (Phi) is 5.94. The maximum atomic E-state index is 13.1. The van der Waals surface area contributed by atoms with E-state index in [1.165, 1.54) is 6.42 Å². The molecular weight excluding hydrogens is 368 g/mol. The highest BCUT2D eigenvalue weighted by Gasteiger charge is 2.29. The van der Waals surface area contributed by atoms with E-state index in [0.29, 0.717) is 31.0 Å². The van der Waals surface area contributed by atoms with Crippen molar-refractivity contribution in [3.63, 3.8) is 0 Å². The molecule has 0 saturated carbocycles. The third-order valence-electron chi connectivity index (χ3n) is 5.60. The molecule has 0 radical (unpaired) electrons. The molecule has 2 aliphatic heterocycles. The minimum atomic E-state index is -0.522. The number of ether oxygens (including phenoxy) is 2. The Balaban J connectivity index is 1.43. The molecule has 0 spiro atoms. The van der Waals surface area contributed by atoms with E-state index in [2.05, 4.69) is 10.3 Å². The van der Waals surface area contributed by atoms with Crippen LogP contribution in [0.1, 0.15) is 49.3 Å². The Morgan fingerprint density at radius 3 is 3.00 bits per heavy atom. The van der Waals surface area contributed by atoms with Gasteiger partial charge in [-0.05, 0) is 37.9 Å². The van der Waals surface area contributed by atoms with Gasteiger partial charge < -0.3 is 19.7 Å². The molecular formula is C22H28N4O3. The van der Waals surface area contributed by atoms with Crippen molar-refractivity contribution >= 4 is 5.91 Å². The largest absolute Gasteiger partial charge is 0.497 e. The second kappa shape index (κ2) is 8.78. The maximum Gasteiger partial charge on any atom is 0.263 e. The highest BCUT2D eigenvalue weighted by atomic mass is 16.5. The number of carbonyl (C=O) groups is 1. The van der Waals surface area contributed by atoms with Gasteiger partial charge in [-0.15, -0.1) is 0 Å². The van der Waals surface area contributed by atoms with Gasteiger partial charge in [0.05, 0.1) is 18.8 Å². The summed E-state index contributed by atoms with van der Waals surface area (Å²) in [5.41, 5.74) is 2.09. The van der Waals surface area contributed by atoms with Crippen molar-refractivity contribution in [2.45, 2.75) is 51.3 Å². The van der Waals surface area contributed by atoms with E-state index in [-0.39, 0.29) is 11.9 Å². The van der Waals surface area contributed by atoms with Crippen LogP contribution in [0.5, 0.6) is 11.5 Å². The summed E-state index contributed by atoms with van der Waals surface area (Å²) in [6.07, 6.45) is 4.97. The number of aromatic nitrogens is 2. The van der Waals surface area contributed by atoms with Crippen LogP contribution in [0, 0.1) is 0 Å². The maximum absolute atomic E-state index is 13.1. The van der Waals surface area contributed by atoms with Crippen LogP contribution in [0.25, 0.3) is 0 Å². The second-order valence-electron chi connectivity index (χ2n) is 7.55. The zero-order valence-corrected chi connectivity index (χ0v) is 17.1. The van der Waals surface area contributed by atoms with Gasteiger partial charge in [-0.3, -0.25) is 4.79 Å². The first-order valence-corrected chi connectivity index (χ1v) is 10.4. The lowest BCUT2D eigenvalue weighted by atomic mass is 10.1. The number of hydrogen-bond donors (Lipinski definition) is 1. The average molecular weight is 396 g/mol. The summed E-state index contributed by atoms with van der Waals surface area (Å²) in [6.45, 7) is 4.17. The zero-order chi connectivity index (χ0) is 20.2.